The highest BCUT2D eigenvalue weighted by molar-refractivity contribution is 7.15. The highest BCUT2D eigenvalue weighted by Gasteiger charge is 2.33. The van der Waals surface area contributed by atoms with Gasteiger partial charge in [-0.05, 0) is 25.1 Å². The first-order valence-electron chi connectivity index (χ1n) is 8.44. The van der Waals surface area contributed by atoms with Gasteiger partial charge in [-0.15, -0.1) is 5.10 Å². The Balaban J connectivity index is 1.77. The number of hydrogen-bond acceptors (Lipinski definition) is 6. The number of rotatable bonds is 2. The van der Waals surface area contributed by atoms with Crippen LogP contribution in [0.25, 0.3) is 21.9 Å². The number of amides is 1. The van der Waals surface area contributed by atoms with Crippen molar-refractivity contribution in [3.05, 3.63) is 69.2 Å². The number of carbonyl (C=O) groups is 1. The van der Waals surface area contributed by atoms with Crippen LogP contribution >= 0.6 is 11.3 Å². The number of pyridine rings is 1. The van der Waals surface area contributed by atoms with Crippen molar-refractivity contribution >= 4 is 33.5 Å². The standard InChI is InChI=1S/C19H13N5O2S/c1-2-23-13-8-4-3-7-12(13)14(17(23)25)15-18(26)24-19(27-15)21-16(22-24)11-6-5-9-20-10-11/h3-10H,2H2,1H3/b15-14-. The molecule has 0 unspecified atom stereocenters. The van der Waals surface area contributed by atoms with Crippen LogP contribution < -0.4 is 15.0 Å². The van der Waals surface area contributed by atoms with E-state index in [-0.39, 0.29) is 11.5 Å². The monoisotopic (exact) mass is 375 g/mol. The summed E-state index contributed by atoms with van der Waals surface area (Å²) in [7, 11) is 0. The van der Waals surface area contributed by atoms with E-state index in [2.05, 4.69) is 15.1 Å². The zero-order valence-corrected chi connectivity index (χ0v) is 15.1. The van der Waals surface area contributed by atoms with E-state index in [4.69, 9.17) is 0 Å². The summed E-state index contributed by atoms with van der Waals surface area (Å²) in [5.74, 6) is 0.282. The molecule has 0 saturated carbocycles. The molecule has 132 valence electrons. The molecule has 3 aromatic heterocycles. The van der Waals surface area contributed by atoms with Gasteiger partial charge in [0, 0.05) is 30.1 Å². The number of carbonyl (C=O) groups excluding carboxylic acids is 1. The molecule has 0 saturated heterocycles. The zero-order chi connectivity index (χ0) is 18.5. The fourth-order valence-electron chi connectivity index (χ4n) is 3.32. The molecule has 0 N–H and O–H groups in total. The smallest absolute Gasteiger partial charge is 0.291 e. The molecule has 1 aromatic carbocycles. The molecule has 1 aliphatic heterocycles. The SMILES string of the molecule is CCN1C(=O)/C(=c2\sc3nc(-c4cccnc4)nn3c2=O)c2ccccc21. The first-order chi connectivity index (χ1) is 13.2. The van der Waals surface area contributed by atoms with Gasteiger partial charge in [0.15, 0.2) is 5.82 Å². The molecule has 4 aromatic rings. The lowest BCUT2D eigenvalue weighted by molar-refractivity contribution is -0.113. The molecule has 0 fully saturated rings. The van der Waals surface area contributed by atoms with Crippen LogP contribution in [0, 0.1) is 0 Å². The van der Waals surface area contributed by atoms with E-state index in [1.54, 1.807) is 23.4 Å². The number of fused-ring (bicyclic) bond motifs is 2. The Hall–Kier alpha value is -3.39. The Bertz CT molecular complexity index is 1310. The molecule has 7 nitrogen and oxygen atoms in total. The molecule has 5 rings (SSSR count). The summed E-state index contributed by atoms with van der Waals surface area (Å²) in [6.07, 6.45) is 3.31. The van der Waals surface area contributed by atoms with Gasteiger partial charge in [0.25, 0.3) is 11.5 Å². The summed E-state index contributed by atoms with van der Waals surface area (Å²) in [4.78, 5) is 36.5. The lowest BCUT2D eigenvalue weighted by Gasteiger charge is -2.13. The van der Waals surface area contributed by atoms with Gasteiger partial charge in [0.1, 0.15) is 4.53 Å². The van der Waals surface area contributed by atoms with Crippen LogP contribution in [0.3, 0.4) is 0 Å². The summed E-state index contributed by atoms with van der Waals surface area (Å²) in [6.45, 7) is 2.46. The van der Waals surface area contributed by atoms with Crippen LogP contribution in [-0.2, 0) is 4.79 Å². The van der Waals surface area contributed by atoms with Gasteiger partial charge in [-0.2, -0.15) is 9.50 Å². The van der Waals surface area contributed by atoms with Crippen molar-refractivity contribution in [2.45, 2.75) is 6.92 Å². The largest absolute Gasteiger partial charge is 0.308 e. The second-order valence-electron chi connectivity index (χ2n) is 6.05. The molecular weight excluding hydrogens is 362 g/mol. The van der Waals surface area contributed by atoms with E-state index >= 15 is 0 Å². The summed E-state index contributed by atoms with van der Waals surface area (Å²) in [5.41, 5.74) is 2.45. The fraction of sp³-hybridized carbons (Fsp3) is 0.105. The van der Waals surface area contributed by atoms with Gasteiger partial charge in [0.2, 0.25) is 4.96 Å². The van der Waals surface area contributed by atoms with E-state index < -0.39 is 0 Å². The first kappa shape index (κ1) is 15.8. The highest BCUT2D eigenvalue weighted by atomic mass is 32.1. The number of nitrogens with zero attached hydrogens (tertiary/aromatic N) is 5. The van der Waals surface area contributed by atoms with Gasteiger partial charge in [0.05, 0.1) is 11.3 Å². The third-order valence-corrected chi connectivity index (χ3v) is 5.57. The summed E-state index contributed by atoms with van der Waals surface area (Å²) >= 11 is 1.19. The van der Waals surface area contributed by atoms with Gasteiger partial charge in [-0.1, -0.05) is 29.5 Å². The fourth-order valence-corrected chi connectivity index (χ4v) is 4.31. The summed E-state index contributed by atoms with van der Waals surface area (Å²) in [5, 5.41) is 4.32. The minimum absolute atomic E-state index is 0.159. The molecule has 27 heavy (non-hydrogen) atoms. The molecule has 0 bridgehead atoms. The van der Waals surface area contributed by atoms with E-state index in [0.717, 1.165) is 16.8 Å². The lowest BCUT2D eigenvalue weighted by atomic mass is 10.1. The number of thiazole rings is 1. The summed E-state index contributed by atoms with van der Waals surface area (Å²) < 4.78 is 1.64. The molecule has 1 aliphatic rings. The minimum atomic E-state index is -0.325. The van der Waals surface area contributed by atoms with Crippen molar-refractivity contribution in [2.75, 3.05) is 11.4 Å². The van der Waals surface area contributed by atoms with Crippen molar-refractivity contribution in [3.63, 3.8) is 0 Å². The zero-order valence-electron chi connectivity index (χ0n) is 14.3. The Labute approximate surface area is 157 Å². The molecule has 1 amide bonds. The van der Waals surface area contributed by atoms with E-state index in [1.165, 1.54) is 15.9 Å². The van der Waals surface area contributed by atoms with Gasteiger partial charge in [-0.25, -0.2) is 0 Å². The quantitative estimate of drug-likeness (QED) is 0.530. The molecule has 0 atom stereocenters. The average Bonchev–Trinajstić information content (AvgIpc) is 3.33. The number of hydrogen-bond donors (Lipinski definition) is 0. The molecule has 0 aliphatic carbocycles. The van der Waals surface area contributed by atoms with Gasteiger partial charge < -0.3 is 4.90 Å². The molecule has 0 radical (unpaired) electrons. The van der Waals surface area contributed by atoms with Crippen molar-refractivity contribution in [3.8, 4) is 11.4 Å². The number of benzene rings is 1. The predicted molar refractivity (Wildman–Crippen MR) is 103 cm³/mol. The van der Waals surface area contributed by atoms with Crippen LogP contribution in [0.1, 0.15) is 12.5 Å². The number of aromatic nitrogens is 4. The topological polar surface area (TPSA) is 80.5 Å². The second-order valence-corrected chi connectivity index (χ2v) is 7.03. The third-order valence-electron chi connectivity index (χ3n) is 4.54. The van der Waals surface area contributed by atoms with E-state index in [0.29, 0.717) is 27.4 Å². The van der Waals surface area contributed by atoms with E-state index in [1.807, 2.05) is 37.3 Å². The van der Waals surface area contributed by atoms with Crippen molar-refractivity contribution in [2.24, 2.45) is 0 Å². The maximum absolute atomic E-state index is 13.0. The summed E-state index contributed by atoms with van der Waals surface area (Å²) in [6, 6.07) is 11.1. The van der Waals surface area contributed by atoms with Gasteiger partial charge >= 0.3 is 0 Å². The molecule has 4 heterocycles. The van der Waals surface area contributed by atoms with Crippen molar-refractivity contribution < 1.29 is 4.79 Å². The van der Waals surface area contributed by atoms with Crippen LogP contribution in [0.15, 0.2) is 53.6 Å². The Morgan fingerprint density at radius 1 is 1.11 bits per heavy atom. The molecular formula is C19H13N5O2S. The highest BCUT2D eigenvalue weighted by Crippen LogP contribution is 2.34. The second kappa shape index (κ2) is 5.82. The molecule has 0 spiro atoms. The van der Waals surface area contributed by atoms with Crippen molar-refractivity contribution in [1.82, 2.24) is 19.6 Å². The minimum Gasteiger partial charge on any atom is -0.308 e. The number of anilines is 1. The maximum atomic E-state index is 13.0. The van der Waals surface area contributed by atoms with Crippen molar-refractivity contribution in [1.29, 1.82) is 0 Å². The molecule has 8 heteroatoms. The van der Waals surface area contributed by atoms with Crippen LogP contribution in [0.5, 0.6) is 0 Å². The average molecular weight is 375 g/mol. The van der Waals surface area contributed by atoms with Crippen LogP contribution in [-0.4, -0.2) is 32.0 Å². The third kappa shape index (κ3) is 2.23. The number of likely N-dealkylation sites (N-methyl/N-ethyl adjacent to an activating group) is 1. The van der Waals surface area contributed by atoms with Gasteiger partial charge in [-0.3, -0.25) is 14.6 Å². The maximum Gasteiger partial charge on any atom is 0.291 e. The van der Waals surface area contributed by atoms with E-state index in [9.17, 15) is 9.59 Å². The predicted octanol–water partition coefficient (Wildman–Crippen LogP) is 1.50. The van der Waals surface area contributed by atoms with Crippen LogP contribution in [0.2, 0.25) is 0 Å². The Morgan fingerprint density at radius 2 is 1.96 bits per heavy atom. The lowest BCUT2D eigenvalue weighted by Crippen LogP contribution is -2.32. The first-order valence-corrected chi connectivity index (χ1v) is 9.26. The normalized spacial score (nSPS) is 15.6. The Morgan fingerprint density at radius 3 is 2.70 bits per heavy atom. The number of para-hydroxylation sites is 1. The van der Waals surface area contributed by atoms with Crippen LogP contribution in [0.4, 0.5) is 5.69 Å². The Kier molecular flexibility index (Phi) is 3.41.